The molecule has 2 aromatic rings. The maximum Gasteiger partial charge on any atom is 0.338 e. The quantitative estimate of drug-likeness (QED) is 0.632. The molecule has 7 heteroatoms. The van der Waals surface area contributed by atoms with Crippen molar-refractivity contribution in [2.45, 2.75) is 51.7 Å². The van der Waals surface area contributed by atoms with Crippen LogP contribution in [0.1, 0.15) is 48.8 Å². The van der Waals surface area contributed by atoms with Crippen molar-refractivity contribution in [3.05, 3.63) is 52.6 Å². The summed E-state index contributed by atoms with van der Waals surface area (Å²) in [7, 11) is 0. The summed E-state index contributed by atoms with van der Waals surface area (Å²) in [6.45, 7) is 6.01. The lowest BCUT2D eigenvalue weighted by Crippen LogP contribution is -2.35. The highest BCUT2D eigenvalue weighted by Crippen LogP contribution is 2.17. The maximum atomic E-state index is 12.8. The van der Waals surface area contributed by atoms with Crippen molar-refractivity contribution < 1.29 is 14.3 Å². The molecule has 1 amide bonds. The summed E-state index contributed by atoms with van der Waals surface area (Å²) in [5, 5.41) is 3.06. The van der Waals surface area contributed by atoms with Gasteiger partial charge in [-0.2, -0.15) is 0 Å². The van der Waals surface area contributed by atoms with Gasteiger partial charge in [0.15, 0.2) is 6.10 Å². The predicted molar refractivity (Wildman–Crippen MR) is 106 cm³/mol. The number of benzene rings is 1. The fourth-order valence-electron chi connectivity index (χ4n) is 3.32. The van der Waals surface area contributed by atoms with Crippen LogP contribution >= 0.6 is 0 Å². The second-order valence-corrected chi connectivity index (χ2v) is 6.96. The van der Waals surface area contributed by atoms with Crippen molar-refractivity contribution in [1.29, 1.82) is 0 Å². The SMILES string of the molecule is C=CCNC(=O)[C@H](C)OC(=O)c1ccc2c(=O)n3c(nc2c1)CCCCCC3. The number of hydrogen-bond donors (Lipinski definition) is 1. The van der Waals surface area contributed by atoms with Crippen LogP contribution in [-0.4, -0.2) is 34.1 Å². The van der Waals surface area contributed by atoms with Crippen LogP contribution in [0.2, 0.25) is 0 Å². The van der Waals surface area contributed by atoms with Crippen LogP contribution in [0.25, 0.3) is 10.9 Å². The number of carbonyl (C=O) groups is 2. The van der Waals surface area contributed by atoms with E-state index in [2.05, 4.69) is 16.9 Å². The normalized spacial score (nSPS) is 15.0. The molecule has 1 aromatic carbocycles. The van der Waals surface area contributed by atoms with Gasteiger partial charge in [0, 0.05) is 19.5 Å². The zero-order valence-electron chi connectivity index (χ0n) is 16.1. The summed E-state index contributed by atoms with van der Waals surface area (Å²) in [6, 6.07) is 4.71. The molecular formula is C21H25N3O4. The number of esters is 1. The average Bonchev–Trinajstić information content (AvgIpc) is 2.67. The lowest BCUT2D eigenvalue weighted by Gasteiger charge is -2.16. The van der Waals surface area contributed by atoms with Crippen molar-refractivity contribution in [2.24, 2.45) is 0 Å². The molecule has 3 rings (SSSR count). The van der Waals surface area contributed by atoms with Gasteiger partial charge in [-0.15, -0.1) is 6.58 Å². The first-order chi connectivity index (χ1) is 13.5. The highest BCUT2D eigenvalue weighted by molar-refractivity contribution is 5.95. The van der Waals surface area contributed by atoms with Gasteiger partial charge in [0.1, 0.15) is 5.82 Å². The highest BCUT2D eigenvalue weighted by atomic mass is 16.5. The van der Waals surface area contributed by atoms with Gasteiger partial charge < -0.3 is 10.1 Å². The number of amides is 1. The molecule has 28 heavy (non-hydrogen) atoms. The Labute approximate surface area is 163 Å². The fraction of sp³-hybridized carbons (Fsp3) is 0.429. The molecule has 0 aliphatic carbocycles. The monoisotopic (exact) mass is 383 g/mol. The molecule has 1 N–H and O–H groups in total. The van der Waals surface area contributed by atoms with Crippen molar-refractivity contribution >= 4 is 22.8 Å². The van der Waals surface area contributed by atoms with E-state index in [1.165, 1.54) is 13.0 Å². The molecule has 0 radical (unpaired) electrons. The molecule has 0 unspecified atom stereocenters. The number of nitrogens with one attached hydrogen (secondary N) is 1. The van der Waals surface area contributed by atoms with Crippen LogP contribution in [-0.2, 0) is 22.5 Å². The van der Waals surface area contributed by atoms with E-state index in [1.54, 1.807) is 22.8 Å². The first-order valence-corrected chi connectivity index (χ1v) is 9.64. The molecule has 0 fully saturated rings. The Balaban J connectivity index is 1.86. The summed E-state index contributed by atoms with van der Waals surface area (Å²) in [5.41, 5.74) is 0.674. The van der Waals surface area contributed by atoms with Crippen molar-refractivity contribution in [1.82, 2.24) is 14.9 Å². The minimum Gasteiger partial charge on any atom is -0.449 e. The molecule has 148 valence electrons. The first kappa shape index (κ1) is 19.8. The highest BCUT2D eigenvalue weighted by Gasteiger charge is 2.20. The molecule has 0 saturated heterocycles. The van der Waals surface area contributed by atoms with Crippen molar-refractivity contribution in [3.63, 3.8) is 0 Å². The van der Waals surface area contributed by atoms with E-state index in [0.717, 1.165) is 37.9 Å². The third kappa shape index (κ3) is 4.30. The van der Waals surface area contributed by atoms with E-state index in [-0.39, 0.29) is 11.1 Å². The molecular weight excluding hydrogens is 358 g/mol. The standard InChI is InChI=1S/C21H25N3O4/c1-3-11-22-19(25)14(2)28-21(27)15-9-10-16-17(13-15)23-18-8-6-4-5-7-12-24(18)20(16)26/h3,9-10,13-14H,1,4-8,11-12H2,2H3,(H,22,25)/t14-/m0/s1. The number of hydrogen-bond acceptors (Lipinski definition) is 5. The Morgan fingerprint density at radius 1 is 1.32 bits per heavy atom. The van der Waals surface area contributed by atoms with Gasteiger partial charge in [-0.25, -0.2) is 9.78 Å². The van der Waals surface area contributed by atoms with E-state index in [0.29, 0.717) is 24.0 Å². The van der Waals surface area contributed by atoms with Gasteiger partial charge in [0.25, 0.3) is 11.5 Å². The summed E-state index contributed by atoms with van der Waals surface area (Å²) in [6.07, 6.45) is 5.58. The van der Waals surface area contributed by atoms with Crippen molar-refractivity contribution in [3.8, 4) is 0 Å². The number of nitrogens with zero attached hydrogens (tertiary/aromatic N) is 2. The largest absolute Gasteiger partial charge is 0.449 e. The van der Waals surface area contributed by atoms with Crippen LogP contribution < -0.4 is 10.9 Å². The number of fused-ring (bicyclic) bond motifs is 2. The van der Waals surface area contributed by atoms with Gasteiger partial charge >= 0.3 is 5.97 Å². The number of aromatic nitrogens is 2. The Morgan fingerprint density at radius 3 is 2.89 bits per heavy atom. The Morgan fingerprint density at radius 2 is 2.11 bits per heavy atom. The molecule has 1 aliphatic rings. The molecule has 7 nitrogen and oxygen atoms in total. The Bertz CT molecular complexity index is 964. The van der Waals surface area contributed by atoms with E-state index in [4.69, 9.17) is 4.74 Å². The lowest BCUT2D eigenvalue weighted by molar-refractivity contribution is -0.128. The fourth-order valence-corrected chi connectivity index (χ4v) is 3.32. The summed E-state index contributed by atoms with van der Waals surface area (Å²) < 4.78 is 6.98. The van der Waals surface area contributed by atoms with E-state index >= 15 is 0 Å². The lowest BCUT2D eigenvalue weighted by atomic mass is 10.1. The molecule has 0 spiro atoms. The molecule has 0 bridgehead atoms. The molecule has 1 atom stereocenters. The minimum absolute atomic E-state index is 0.0704. The second-order valence-electron chi connectivity index (χ2n) is 6.96. The predicted octanol–water partition coefficient (Wildman–Crippen LogP) is 2.36. The minimum atomic E-state index is -0.933. The zero-order valence-corrected chi connectivity index (χ0v) is 16.1. The smallest absolute Gasteiger partial charge is 0.338 e. The Hall–Kier alpha value is -2.96. The first-order valence-electron chi connectivity index (χ1n) is 9.64. The molecule has 0 saturated carbocycles. The summed E-state index contributed by atoms with van der Waals surface area (Å²) in [4.78, 5) is 41.7. The van der Waals surface area contributed by atoms with Crippen LogP contribution in [0.15, 0.2) is 35.6 Å². The van der Waals surface area contributed by atoms with Crippen LogP contribution in [0.5, 0.6) is 0 Å². The topological polar surface area (TPSA) is 90.3 Å². The van der Waals surface area contributed by atoms with Crippen LogP contribution in [0.4, 0.5) is 0 Å². The van der Waals surface area contributed by atoms with Gasteiger partial charge in [-0.05, 0) is 38.0 Å². The number of ether oxygens (including phenoxy) is 1. The number of carbonyl (C=O) groups excluding carboxylic acids is 2. The average molecular weight is 383 g/mol. The van der Waals surface area contributed by atoms with Gasteiger partial charge in [-0.3, -0.25) is 14.2 Å². The van der Waals surface area contributed by atoms with Gasteiger partial charge in [-0.1, -0.05) is 18.9 Å². The van der Waals surface area contributed by atoms with E-state index in [9.17, 15) is 14.4 Å². The second kappa shape index (κ2) is 8.82. The molecule has 1 aromatic heterocycles. The van der Waals surface area contributed by atoms with Crippen LogP contribution in [0, 0.1) is 0 Å². The number of aryl methyl sites for hydroxylation is 1. The molecule has 2 heterocycles. The third-order valence-electron chi connectivity index (χ3n) is 4.88. The molecule has 1 aliphatic heterocycles. The Kier molecular flexibility index (Phi) is 6.23. The third-order valence-corrected chi connectivity index (χ3v) is 4.88. The summed E-state index contributed by atoms with van der Waals surface area (Å²) >= 11 is 0. The summed E-state index contributed by atoms with van der Waals surface area (Å²) in [5.74, 6) is -0.261. The zero-order chi connectivity index (χ0) is 20.1. The van der Waals surface area contributed by atoms with Crippen molar-refractivity contribution in [2.75, 3.05) is 6.54 Å². The van der Waals surface area contributed by atoms with Gasteiger partial charge in [0.2, 0.25) is 0 Å². The van der Waals surface area contributed by atoms with E-state index in [1.807, 2.05) is 0 Å². The van der Waals surface area contributed by atoms with Gasteiger partial charge in [0.05, 0.1) is 16.5 Å². The van der Waals surface area contributed by atoms with Crippen LogP contribution in [0.3, 0.4) is 0 Å². The van der Waals surface area contributed by atoms with E-state index < -0.39 is 18.0 Å². The number of rotatable bonds is 5. The maximum absolute atomic E-state index is 12.8.